The van der Waals surface area contributed by atoms with Crippen molar-refractivity contribution < 1.29 is 28.2 Å². The Morgan fingerprint density at radius 3 is 2.54 bits per heavy atom. The Hall–Kier alpha value is -2.62. The molecule has 0 aromatic carbocycles. The number of nitrogens with zero attached hydrogens (tertiary/aromatic N) is 2. The van der Waals surface area contributed by atoms with Gasteiger partial charge in [0.1, 0.15) is 25.1 Å². The lowest BCUT2D eigenvalue weighted by molar-refractivity contribution is -0.147. The maximum absolute atomic E-state index is 12.6. The molecule has 0 amide bonds. The van der Waals surface area contributed by atoms with E-state index in [9.17, 15) is 18.9 Å². The summed E-state index contributed by atoms with van der Waals surface area (Å²) in [6, 6.07) is 0.674. The number of aromatic nitrogens is 2. The smallest absolute Gasteiger partial charge is 0.465 e. The van der Waals surface area contributed by atoms with Crippen LogP contribution in [0.25, 0.3) is 6.20 Å². The molecule has 1 heterocycles. The van der Waals surface area contributed by atoms with Gasteiger partial charge >= 0.3 is 25.8 Å². The number of hydrogen-bond acceptors (Lipinski definition) is 9. The summed E-state index contributed by atoms with van der Waals surface area (Å²) in [5, 5.41) is 2.64. The third-order valence-corrected chi connectivity index (χ3v) is 7.12. The third-order valence-electron chi connectivity index (χ3n) is 6.16. The minimum absolute atomic E-state index is 0.0197. The lowest BCUT2D eigenvalue weighted by Crippen LogP contribution is -2.32. The first-order valence-corrected chi connectivity index (χ1v) is 14.1. The van der Waals surface area contributed by atoms with Crippen LogP contribution in [0, 0.1) is 11.3 Å². The topological polar surface area (TPSA) is 152 Å². The van der Waals surface area contributed by atoms with Crippen LogP contribution in [0.4, 0.5) is 5.82 Å². The zero-order valence-corrected chi connectivity index (χ0v) is 23.1. The van der Waals surface area contributed by atoms with Crippen molar-refractivity contribution in [2.24, 2.45) is 11.3 Å². The highest BCUT2D eigenvalue weighted by atomic mass is 31.1. The molecule has 2 rings (SSSR count). The highest BCUT2D eigenvalue weighted by molar-refractivity contribution is 7.36. The van der Waals surface area contributed by atoms with Gasteiger partial charge in [0.05, 0.1) is 12.0 Å². The van der Waals surface area contributed by atoms with E-state index < -0.39 is 31.3 Å². The van der Waals surface area contributed by atoms with Crippen molar-refractivity contribution in [3.8, 4) is 0 Å². The Morgan fingerprint density at radius 2 is 1.92 bits per heavy atom. The SMILES string of the molecule is CCCC(=O)OCC1(CO[P+](=O)NC(C)C(=O)OCC(CCC)CCC)CC1=Cn1ccc(N)nc1=O. The van der Waals surface area contributed by atoms with Crippen LogP contribution >= 0.6 is 8.18 Å². The van der Waals surface area contributed by atoms with Crippen molar-refractivity contribution in [1.82, 2.24) is 14.6 Å². The van der Waals surface area contributed by atoms with Gasteiger partial charge in [0.2, 0.25) is 0 Å². The number of nitrogens with two attached hydrogens (primary N) is 1. The van der Waals surface area contributed by atoms with Crippen LogP contribution in [0.1, 0.15) is 72.6 Å². The molecule has 1 aliphatic carbocycles. The summed E-state index contributed by atoms with van der Waals surface area (Å²) < 4.78 is 30.2. The number of ether oxygens (including phenoxy) is 2. The number of rotatable bonds is 17. The van der Waals surface area contributed by atoms with Crippen molar-refractivity contribution in [2.75, 3.05) is 25.6 Å². The van der Waals surface area contributed by atoms with E-state index in [1.54, 1.807) is 13.1 Å². The van der Waals surface area contributed by atoms with E-state index in [1.165, 1.54) is 16.8 Å². The highest BCUT2D eigenvalue weighted by Crippen LogP contribution is 2.53. The molecule has 11 nitrogen and oxygen atoms in total. The van der Waals surface area contributed by atoms with Gasteiger partial charge < -0.3 is 15.2 Å². The van der Waals surface area contributed by atoms with E-state index in [2.05, 4.69) is 23.9 Å². The van der Waals surface area contributed by atoms with Gasteiger partial charge in [-0.2, -0.15) is 4.98 Å². The summed E-state index contributed by atoms with van der Waals surface area (Å²) in [7, 11) is -2.40. The summed E-state index contributed by atoms with van der Waals surface area (Å²) >= 11 is 0. The lowest BCUT2D eigenvalue weighted by atomic mass is 9.99. The van der Waals surface area contributed by atoms with E-state index in [0.717, 1.165) is 31.3 Å². The lowest BCUT2D eigenvalue weighted by Gasteiger charge is -2.16. The first-order valence-electron chi connectivity index (χ1n) is 12.9. The van der Waals surface area contributed by atoms with Crippen molar-refractivity contribution in [2.45, 2.75) is 78.7 Å². The zero-order valence-electron chi connectivity index (χ0n) is 22.2. The van der Waals surface area contributed by atoms with Crippen molar-refractivity contribution >= 4 is 32.1 Å². The van der Waals surface area contributed by atoms with Crippen molar-refractivity contribution in [1.29, 1.82) is 0 Å². The molecule has 1 aromatic heterocycles. The monoisotopic (exact) mass is 539 g/mol. The molecular weight excluding hydrogens is 499 g/mol. The number of carbonyl (C=O) groups excluding carboxylic acids is 2. The first kappa shape index (κ1) is 30.6. The van der Waals surface area contributed by atoms with Gasteiger partial charge in [0.25, 0.3) is 0 Å². The molecule has 0 aliphatic heterocycles. The molecule has 206 valence electrons. The van der Waals surface area contributed by atoms with E-state index in [4.69, 9.17) is 19.7 Å². The normalized spacial score (nSPS) is 19.1. The van der Waals surface area contributed by atoms with Crippen LogP contribution in [0.15, 0.2) is 22.6 Å². The second-order valence-corrected chi connectivity index (χ2v) is 10.5. The predicted octanol–water partition coefficient (Wildman–Crippen LogP) is 3.81. The fourth-order valence-corrected chi connectivity index (χ4v) is 4.76. The van der Waals surface area contributed by atoms with Crippen LogP contribution < -0.4 is 16.5 Å². The highest BCUT2D eigenvalue weighted by Gasteiger charge is 2.53. The Morgan fingerprint density at radius 1 is 1.22 bits per heavy atom. The van der Waals surface area contributed by atoms with Crippen LogP contribution in [-0.2, 0) is 28.2 Å². The number of esters is 2. The van der Waals surface area contributed by atoms with E-state index in [0.29, 0.717) is 25.4 Å². The molecule has 0 radical (unpaired) electrons. The van der Waals surface area contributed by atoms with E-state index in [1.807, 2.05) is 6.92 Å². The number of nitrogens with one attached hydrogen (secondary N) is 1. The number of hydrogen-bond donors (Lipinski definition) is 2. The minimum atomic E-state index is -2.40. The molecule has 3 unspecified atom stereocenters. The maximum atomic E-state index is 12.6. The average molecular weight is 540 g/mol. The fourth-order valence-electron chi connectivity index (χ4n) is 3.90. The predicted molar refractivity (Wildman–Crippen MR) is 141 cm³/mol. The standard InChI is InChI=1S/C25H39N4O7P/c1-5-8-19(9-6-2)15-34-23(31)18(4)28-37(33)36-17-25(16-35-22(30)10-7-3)13-20(25)14-29-12-11-21(26)27-24(29)32/h11-12,14,18-19H,5-10,13,15-17H2,1-4H3,(H2-,26,27,28,32,33)/p+1. The molecule has 1 fully saturated rings. The van der Waals surface area contributed by atoms with E-state index in [-0.39, 0.29) is 31.4 Å². The molecule has 12 heteroatoms. The van der Waals surface area contributed by atoms with Crippen LogP contribution in [0.2, 0.25) is 0 Å². The Bertz CT molecular complexity index is 1020. The van der Waals surface area contributed by atoms with Gasteiger partial charge in [0.15, 0.2) is 0 Å². The number of carbonyl (C=O) groups is 2. The quantitative estimate of drug-likeness (QED) is 0.221. The Kier molecular flexibility index (Phi) is 12.4. The van der Waals surface area contributed by atoms with Crippen molar-refractivity contribution in [3.63, 3.8) is 0 Å². The largest absolute Gasteiger partial charge is 0.613 e. The minimum Gasteiger partial charge on any atom is -0.465 e. The molecule has 0 saturated heterocycles. The molecule has 1 saturated carbocycles. The molecule has 0 bridgehead atoms. The van der Waals surface area contributed by atoms with Gasteiger partial charge in [-0.15, -0.1) is 4.52 Å². The van der Waals surface area contributed by atoms with Crippen LogP contribution in [-0.4, -0.2) is 47.4 Å². The molecule has 3 atom stereocenters. The third kappa shape index (κ3) is 9.98. The average Bonchev–Trinajstić information content (AvgIpc) is 3.54. The molecule has 3 N–H and O–H groups in total. The summed E-state index contributed by atoms with van der Waals surface area (Å²) in [5.41, 5.74) is 5.05. The Balaban J connectivity index is 1.97. The molecular formula is C25H40N4O7P+. The van der Waals surface area contributed by atoms with E-state index >= 15 is 0 Å². The van der Waals surface area contributed by atoms with Gasteiger partial charge in [0, 0.05) is 18.8 Å². The second-order valence-electron chi connectivity index (χ2n) is 9.52. The maximum Gasteiger partial charge on any atom is 0.613 e. The van der Waals surface area contributed by atoms with Gasteiger partial charge in [-0.25, -0.2) is 4.79 Å². The molecule has 37 heavy (non-hydrogen) atoms. The number of anilines is 1. The molecule has 0 spiro atoms. The second kappa shape index (κ2) is 15.0. The van der Waals surface area contributed by atoms with Gasteiger partial charge in [-0.05, 0) is 54.7 Å². The number of nitrogen functional groups attached to an aromatic ring is 1. The Labute approximate surface area is 219 Å². The summed E-state index contributed by atoms with van der Waals surface area (Å²) in [4.78, 5) is 40.1. The molecule has 1 aliphatic rings. The zero-order chi connectivity index (χ0) is 27.4. The first-order chi connectivity index (χ1) is 17.6. The van der Waals surface area contributed by atoms with Gasteiger partial charge in [-0.1, -0.05) is 38.7 Å². The molecule has 1 aromatic rings. The van der Waals surface area contributed by atoms with Crippen molar-refractivity contribution in [3.05, 3.63) is 28.3 Å². The van der Waals surface area contributed by atoms with Gasteiger partial charge in [-0.3, -0.25) is 14.2 Å². The summed E-state index contributed by atoms with van der Waals surface area (Å²) in [6.07, 6.45) is 8.50. The fraction of sp³-hybridized carbons (Fsp3) is 0.680. The summed E-state index contributed by atoms with van der Waals surface area (Å²) in [6.45, 7) is 7.96. The van der Waals surface area contributed by atoms with Crippen LogP contribution in [0.3, 0.4) is 0 Å². The summed E-state index contributed by atoms with van der Waals surface area (Å²) in [5.74, 6) is -0.409. The van der Waals surface area contributed by atoms with Crippen LogP contribution in [0.5, 0.6) is 0 Å².